The number of anilines is 1. The molecule has 1 saturated carbocycles. The number of methoxy groups -OCH3 is 3. The number of benzene rings is 7. The van der Waals surface area contributed by atoms with Crippen LogP contribution < -0.4 is 43.2 Å². The Kier molecular flexibility index (Phi) is 25.5. The van der Waals surface area contributed by atoms with Crippen LogP contribution in [0.5, 0.6) is 46.0 Å². The summed E-state index contributed by atoms with van der Waals surface area (Å²) in [5, 5.41) is 23.5. The Morgan fingerprint density at radius 3 is 2.00 bits per heavy atom. The molecule has 0 aliphatic heterocycles. The molecule has 0 bridgehead atoms. The van der Waals surface area contributed by atoms with Gasteiger partial charge >= 0.3 is 5.97 Å². The van der Waals surface area contributed by atoms with E-state index in [1.54, 1.807) is 56.7 Å². The van der Waals surface area contributed by atoms with Crippen LogP contribution in [0.1, 0.15) is 136 Å². The molecule has 3 N–H and O–H groups in total. The largest absolute Gasteiger partial charge is 0.497 e. The van der Waals surface area contributed by atoms with Gasteiger partial charge in [0.2, 0.25) is 11.7 Å². The van der Waals surface area contributed by atoms with Gasteiger partial charge in [-0.1, -0.05) is 74.0 Å². The number of aliphatic hydroxyl groups is 1. The molecule has 0 unspecified atom stereocenters. The van der Waals surface area contributed by atoms with E-state index in [2.05, 4.69) is 84.0 Å². The molecule has 1 fully saturated rings. The first-order chi connectivity index (χ1) is 47.0. The summed E-state index contributed by atoms with van der Waals surface area (Å²) < 4.78 is 52.4. The van der Waals surface area contributed by atoms with Gasteiger partial charge in [-0.15, -0.1) is 0 Å². The van der Waals surface area contributed by atoms with Crippen LogP contribution in [0, 0.1) is 0 Å². The number of carboxylic acid groups (broad SMARTS) is 1. The molecule has 3 heterocycles. The van der Waals surface area contributed by atoms with E-state index < -0.39 is 5.97 Å². The van der Waals surface area contributed by atoms with E-state index in [1.165, 1.54) is 43.6 Å². The number of aryl methyl sites for hydroxylation is 2. The fourth-order valence-corrected chi connectivity index (χ4v) is 11.6. The molecule has 1 aliphatic carbocycles. The normalized spacial score (nSPS) is 12.2. The Bertz CT molecular complexity index is 4190. The highest BCUT2D eigenvalue weighted by Gasteiger charge is 2.25. The first-order valence-electron chi connectivity index (χ1n) is 33.0. The van der Waals surface area contributed by atoms with E-state index in [1.807, 2.05) is 94.7 Å². The molecule has 1 atom stereocenters. The van der Waals surface area contributed by atoms with Crippen LogP contribution in [0.4, 0.5) is 5.69 Å². The fraction of sp³-hybridized carbons (Fsp3) is 0.312. The van der Waals surface area contributed by atoms with Crippen LogP contribution in [0.3, 0.4) is 0 Å². The van der Waals surface area contributed by atoms with Crippen molar-refractivity contribution in [3.63, 3.8) is 0 Å². The minimum absolute atomic E-state index is 0.0367. The number of aliphatic hydroxyl groups excluding tert-OH is 1. The zero-order valence-corrected chi connectivity index (χ0v) is 56.7. The van der Waals surface area contributed by atoms with Crippen LogP contribution in [-0.2, 0) is 35.5 Å². The number of fused-ring (bicyclic) bond motifs is 2. The Morgan fingerprint density at radius 1 is 0.639 bits per heavy atom. The van der Waals surface area contributed by atoms with Crippen LogP contribution in [0.25, 0.3) is 33.0 Å². The lowest BCUT2D eigenvalue weighted by molar-refractivity contribution is -0.137. The molecule has 506 valence electrons. The van der Waals surface area contributed by atoms with Gasteiger partial charge in [-0.05, 0) is 191 Å². The van der Waals surface area contributed by atoms with Gasteiger partial charge in [-0.25, -0.2) is 0 Å². The predicted molar refractivity (Wildman–Crippen MR) is 378 cm³/mol. The average Bonchev–Trinajstić information content (AvgIpc) is 1.75. The SMILES string of the molecule is CCCc1cc2cc(OCCO)c(OC)cc2c(-c2cc(OC(C)C)cc(OC(C)C)c2)n1.COc1ccc([C@H](Cc2ccncc2)c2ccc(OCc3ccccc3)cc2)cc1OC1CCCC1.COc1cccc(C(=O)c2oc3cc(NC(C)=O)ccc3c2CCC(=O)O)c1. The molecule has 0 saturated heterocycles. The van der Waals surface area contributed by atoms with Crippen LogP contribution in [0.2, 0.25) is 0 Å². The monoisotopic (exact) mass is 1310 g/mol. The average molecular weight is 1310 g/mol. The van der Waals surface area contributed by atoms with E-state index in [9.17, 15) is 19.5 Å². The number of carbonyl (C=O) groups is 3. The fourth-order valence-electron chi connectivity index (χ4n) is 11.6. The number of carboxylic acids is 1. The number of hydrogen-bond donors (Lipinski definition) is 3. The lowest BCUT2D eigenvalue weighted by Crippen LogP contribution is -2.12. The maximum Gasteiger partial charge on any atom is 0.303 e. The molecule has 10 aromatic rings. The summed E-state index contributed by atoms with van der Waals surface area (Å²) in [5.74, 6) is 4.37. The summed E-state index contributed by atoms with van der Waals surface area (Å²) in [6.45, 7) is 12.2. The van der Waals surface area contributed by atoms with Crippen molar-refractivity contribution < 1.29 is 66.9 Å². The first-order valence-corrected chi connectivity index (χ1v) is 33.0. The number of furan rings is 1. The number of nitrogens with zero attached hydrogens (tertiary/aromatic N) is 2. The Hall–Kier alpha value is -10.4. The van der Waals surface area contributed by atoms with Crippen molar-refractivity contribution in [3.05, 3.63) is 221 Å². The van der Waals surface area contributed by atoms with Crippen molar-refractivity contribution in [2.45, 2.75) is 130 Å². The highest BCUT2D eigenvalue weighted by atomic mass is 16.5. The molecule has 1 amide bonds. The van der Waals surface area contributed by atoms with E-state index in [-0.39, 0.29) is 67.7 Å². The number of ether oxygens (including phenoxy) is 8. The maximum absolute atomic E-state index is 13.0. The third-order valence-corrected chi connectivity index (χ3v) is 16.1. The van der Waals surface area contributed by atoms with Gasteiger partial charge in [-0.2, -0.15) is 0 Å². The van der Waals surface area contributed by atoms with Gasteiger partial charge in [0.05, 0.1) is 51.9 Å². The summed E-state index contributed by atoms with van der Waals surface area (Å²) in [7, 11) is 4.82. The number of hydrogen-bond acceptors (Lipinski definition) is 15. The van der Waals surface area contributed by atoms with Crippen molar-refractivity contribution in [2.75, 3.05) is 39.9 Å². The van der Waals surface area contributed by atoms with Crippen LogP contribution in [-0.4, -0.2) is 90.7 Å². The Morgan fingerprint density at radius 2 is 1.35 bits per heavy atom. The highest BCUT2D eigenvalue weighted by Crippen LogP contribution is 2.41. The summed E-state index contributed by atoms with van der Waals surface area (Å²) in [6, 6.07) is 52.8. The van der Waals surface area contributed by atoms with Crippen LogP contribution in [0.15, 0.2) is 181 Å². The van der Waals surface area contributed by atoms with E-state index >= 15 is 0 Å². The standard InChI is InChI=1S/C32H33NO3.C27H35NO5.C21H19NO6/c1-34-31-16-13-27(22-32(31)36-29-9-5-6-10-29)30(21-24-17-19-33-20-18-24)26-11-14-28(15-12-26)35-23-25-7-3-2-4-8-25;1-7-8-21-11-19-14-26(31-10-9-29)25(30-6)16-24(19)27(28-21)20-12-22(32-17(2)3)15-23(13-20)33-18(4)5;1-12(23)22-14-6-7-16-17(8-9-19(24)25)21(28-18(16)11-14)20(26)13-4-3-5-15(10-13)27-2/h2-4,7-8,11-20,22,29-30H,5-6,9-10,21,23H2,1H3;11-18,29H,7-10H2,1-6H3;3-7,10-11H,8-9H2,1-2H3,(H,22,23)(H,24,25)/t30-;;/m1../s1. The van der Waals surface area contributed by atoms with E-state index in [0.29, 0.717) is 51.6 Å². The van der Waals surface area contributed by atoms with Crippen molar-refractivity contribution in [2.24, 2.45) is 0 Å². The minimum atomic E-state index is -0.969. The number of ketones is 1. The summed E-state index contributed by atoms with van der Waals surface area (Å²) in [5.41, 5.74) is 9.42. The summed E-state index contributed by atoms with van der Waals surface area (Å²) in [6.07, 6.45) is 11.5. The van der Waals surface area contributed by atoms with Crippen LogP contribution >= 0.6 is 0 Å². The second-order valence-corrected chi connectivity index (χ2v) is 24.2. The number of amides is 1. The highest BCUT2D eigenvalue weighted by molar-refractivity contribution is 6.11. The molecule has 17 heteroatoms. The van der Waals surface area contributed by atoms with Gasteiger partial charge in [0.25, 0.3) is 0 Å². The number of nitrogens with one attached hydrogen (secondary N) is 1. The van der Waals surface area contributed by atoms with Gasteiger partial charge in [0, 0.05) is 82.6 Å². The number of rotatable bonds is 28. The number of pyridine rings is 2. The molecule has 0 spiro atoms. The van der Waals surface area contributed by atoms with Gasteiger partial charge in [0.15, 0.2) is 28.8 Å². The van der Waals surface area contributed by atoms with Crippen molar-refractivity contribution >= 4 is 45.1 Å². The van der Waals surface area contributed by atoms with Crippen molar-refractivity contribution in [3.8, 4) is 57.3 Å². The lowest BCUT2D eigenvalue weighted by atomic mass is 9.86. The maximum atomic E-state index is 13.0. The van der Waals surface area contributed by atoms with Crippen molar-refractivity contribution in [1.82, 2.24) is 9.97 Å². The predicted octanol–water partition coefficient (Wildman–Crippen LogP) is 16.8. The first kappa shape index (κ1) is 70.9. The zero-order valence-electron chi connectivity index (χ0n) is 56.7. The van der Waals surface area contributed by atoms with Gasteiger partial charge in [-0.3, -0.25) is 24.4 Å². The molecule has 7 aromatic carbocycles. The minimum Gasteiger partial charge on any atom is -0.497 e. The third-order valence-electron chi connectivity index (χ3n) is 16.1. The van der Waals surface area contributed by atoms with Crippen molar-refractivity contribution in [1.29, 1.82) is 0 Å². The number of aromatic nitrogens is 2. The molecule has 3 aromatic heterocycles. The van der Waals surface area contributed by atoms with E-state index in [4.69, 9.17) is 52.4 Å². The lowest BCUT2D eigenvalue weighted by Gasteiger charge is -2.22. The molecule has 1 aliphatic rings. The second kappa shape index (κ2) is 34.9. The van der Waals surface area contributed by atoms with Gasteiger partial charge < -0.3 is 57.8 Å². The van der Waals surface area contributed by atoms with Gasteiger partial charge in [0.1, 0.15) is 41.8 Å². The molecule has 0 radical (unpaired) electrons. The molecule has 97 heavy (non-hydrogen) atoms. The Labute approximate surface area is 567 Å². The summed E-state index contributed by atoms with van der Waals surface area (Å²) >= 11 is 0. The number of aliphatic carboxylic acids is 1. The molecule has 17 nitrogen and oxygen atoms in total. The second-order valence-electron chi connectivity index (χ2n) is 24.2. The quantitative estimate of drug-likeness (QED) is 0.0389. The topological polar surface area (TPSA) is 216 Å². The Balaban J connectivity index is 0.000000172. The number of carbonyl (C=O) groups excluding carboxylic acids is 2. The van der Waals surface area contributed by atoms with E-state index in [0.717, 1.165) is 94.1 Å². The zero-order chi connectivity index (χ0) is 68.8. The third kappa shape index (κ3) is 19.9. The summed E-state index contributed by atoms with van der Waals surface area (Å²) in [4.78, 5) is 44.6. The smallest absolute Gasteiger partial charge is 0.303 e. The molecular weight excluding hydrogens is 1230 g/mol. The molecule has 11 rings (SSSR count). The molecular formula is C80H87N3O14.